The normalized spacial score (nSPS) is 11.1. The second-order valence-corrected chi connectivity index (χ2v) is 7.21. The van der Waals surface area contributed by atoms with Crippen molar-refractivity contribution in [2.45, 2.75) is 20.4 Å². The second kappa shape index (κ2) is 8.90. The van der Waals surface area contributed by atoms with Gasteiger partial charge in [0.1, 0.15) is 29.7 Å². The van der Waals surface area contributed by atoms with E-state index in [0.29, 0.717) is 35.5 Å². The highest BCUT2D eigenvalue weighted by Gasteiger charge is 2.20. The topological polar surface area (TPSA) is 43.3 Å². The van der Waals surface area contributed by atoms with Crippen molar-refractivity contribution in [3.63, 3.8) is 0 Å². The van der Waals surface area contributed by atoms with E-state index in [1.54, 1.807) is 34.9 Å². The van der Waals surface area contributed by atoms with E-state index in [-0.39, 0.29) is 23.9 Å². The molecular weight excluding hydrogens is 374 g/mol. The summed E-state index contributed by atoms with van der Waals surface area (Å²) in [6.45, 7) is 8.32. The highest BCUT2D eigenvalue weighted by molar-refractivity contribution is 6.00. The fourth-order valence-corrected chi connectivity index (χ4v) is 3.12. The lowest BCUT2D eigenvalue weighted by Gasteiger charge is -2.13. The van der Waals surface area contributed by atoms with Crippen LogP contribution < -0.4 is 10.1 Å². The van der Waals surface area contributed by atoms with E-state index in [9.17, 15) is 13.6 Å². The Morgan fingerprint density at radius 1 is 1.21 bits per heavy atom. The lowest BCUT2D eigenvalue weighted by atomic mass is 10.2. The summed E-state index contributed by atoms with van der Waals surface area (Å²) >= 11 is 0. The first-order chi connectivity index (χ1) is 13.9. The van der Waals surface area contributed by atoms with Crippen LogP contribution in [-0.4, -0.2) is 23.6 Å². The molecule has 0 aliphatic carbocycles. The number of fused-ring (bicyclic) bond motifs is 1. The number of carbonyl (C=O) groups is 1. The standard InChI is InChI=1S/C23H24F2N2O2/c1-4-11-29-22-10-6-9-20-16(22)12-21(23(28)26-13-15(2)3)27(20)14-17-18(24)7-5-8-19(17)25/h4-10,12,15H,1,11,13-14H2,2-3H3,(H,26,28). The zero-order chi connectivity index (χ0) is 21.0. The van der Waals surface area contributed by atoms with Crippen LogP contribution in [0.15, 0.2) is 55.1 Å². The Morgan fingerprint density at radius 2 is 1.90 bits per heavy atom. The lowest BCUT2D eigenvalue weighted by molar-refractivity contribution is 0.0940. The number of rotatable bonds is 8. The Morgan fingerprint density at radius 3 is 2.55 bits per heavy atom. The number of hydrogen-bond donors (Lipinski definition) is 1. The molecule has 0 atom stereocenters. The zero-order valence-electron chi connectivity index (χ0n) is 16.5. The van der Waals surface area contributed by atoms with Crippen molar-refractivity contribution in [3.05, 3.63) is 78.0 Å². The van der Waals surface area contributed by atoms with Gasteiger partial charge in [0.2, 0.25) is 0 Å². The van der Waals surface area contributed by atoms with E-state index in [0.717, 1.165) is 0 Å². The van der Waals surface area contributed by atoms with Crippen LogP contribution in [0.1, 0.15) is 29.9 Å². The molecule has 2 aromatic carbocycles. The Bertz CT molecular complexity index is 1020. The first-order valence-electron chi connectivity index (χ1n) is 9.49. The molecule has 0 radical (unpaired) electrons. The number of benzene rings is 2. The minimum Gasteiger partial charge on any atom is -0.489 e. The maximum absolute atomic E-state index is 14.3. The maximum atomic E-state index is 14.3. The Labute approximate surface area is 168 Å². The Balaban J connectivity index is 2.12. The van der Waals surface area contributed by atoms with Crippen molar-refractivity contribution in [2.24, 2.45) is 5.92 Å². The Kier molecular flexibility index (Phi) is 6.32. The van der Waals surface area contributed by atoms with Gasteiger partial charge in [-0.15, -0.1) is 0 Å². The summed E-state index contributed by atoms with van der Waals surface area (Å²) in [6.07, 6.45) is 1.63. The molecular formula is C23H24F2N2O2. The number of amides is 1. The van der Waals surface area contributed by atoms with E-state index >= 15 is 0 Å². The van der Waals surface area contributed by atoms with Gasteiger partial charge in [-0.05, 0) is 36.2 Å². The molecule has 1 aromatic heterocycles. The van der Waals surface area contributed by atoms with Crippen LogP contribution >= 0.6 is 0 Å². The van der Waals surface area contributed by atoms with Gasteiger partial charge in [0.05, 0.1) is 12.1 Å². The third kappa shape index (κ3) is 4.47. The van der Waals surface area contributed by atoms with Gasteiger partial charge in [0.15, 0.2) is 0 Å². The van der Waals surface area contributed by atoms with Crippen LogP contribution in [-0.2, 0) is 6.54 Å². The van der Waals surface area contributed by atoms with Crippen molar-refractivity contribution < 1.29 is 18.3 Å². The zero-order valence-corrected chi connectivity index (χ0v) is 16.5. The van der Waals surface area contributed by atoms with Gasteiger partial charge in [-0.1, -0.05) is 38.6 Å². The molecule has 6 heteroatoms. The van der Waals surface area contributed by atoms with Gasteiger partial charge >= 0.3 is 0 Å². The number of nitrogens with one attached hydrogen (secondary N) is 1. The Hall–Kier alpha value is -3.15. The van der Waals surface area contributed by atoms with Crippen LogP contribution in [0, 0.1) is 17.6 Å². The molecule has 4 nitrogen and oxygen atoms in total. The molecule has 3 rings (SSSR count). The number of aromatic nitrogens is 1. The van der Waals surface area contributed by atoms with Crippen molar-refractivity contribution in [1.82, 2.24) is 9.88 Å². The molecule has 0 saturated carbocycles. The lowest BCUT2D eigenvalue weighted by Crippen LogP contribution is -2.29. The SMILES string of the molecule is C=CCOc1cccc2c1cc(C(=O)NCC(C)C)n2Cc1c(F)cccc1F. The largest absolute Gasteiger partial charge is 0.489 e. The summed E-state index contributed by atoms with van der Waals surface area (Å²) in [5.41, 5.74) is 0.877. The quantitative estimate of drug-likeness (QED) is 0.548. The fourth-order valence-electron chi connectivity index (χ4n) is 3.12. The molecule has 0 bridgehead atoms. The summed E-state index contributed by atoms with van der Waals surface area (Å²) in [4.78, 5) is 12.8. The molecule has 0 saturated heterocycles. The predicted molar refractivity (Wildman–Crippen MR) is 110 cm³/mol. The summed E-state index contributed by atoms with van der Waals surface area (Å²) in [5, 5.41) is 3.57. The van der Waals surface area contributed by atoms with E-state index in [1.165, 1.54) is 18.2 Å². The first kappa shape index (κ1) is 20.6. The molecule has 3 aromatic rings. The number of nitrogens with zero attached hydrogens (tertiary/aromatic N) is 1. The highest BCUT2D eigenvalue weighted by atomic mass is 19.1. The van der Waals surface area contributed by atoms with Crippen molar-refractivity contribution in [1.29, 1.82) is 0 Å². The number of ether oxygens (including phenoxy) is 1. The van der Waals surface area contributed by atoms with Crippen LogP contribution in [0.5, 0.6) is 5.75 Å². The van der Waals surface area contributed by atoms with Crippen LogP contribution in [0.4, 0.5) is 8.78 Å². The van der Waals surface area contributed by atoms with E-state index in [4.69, 9.17) is 4.74 Å². The average Bonchev–Trinajstić information content (AvgIpc) is 3.06. The maximum Gasteiger partial charge on any atom is 0.267 e. The third-order valence-electron chi connectivity index (χ3n) is 4.54. The fraction of sp³-hybridized carbons (Fsp3) is 0.261. The summed E-state index contributed by atoms with van der Waals surface area (Å²) in [5.74, 6) is -0.763. The van der Waals surface area contributed by atoms with E-state index in [2.05, 4.69) is 11.9 Å². The van der Waals surface area contributed by atoms with Gasteiger partial charge in [-0.2, -0.15) is 0 Å². The molecule has 152 valence electrons. The molecule has 1 heterocycles. The summed E-state index contributed by atoms with van der Waals surface area (Å²) in [7, 11) is 0. The second-order valence-electron chi connectivity index (χ2n) is 7.21. The monoisotopic (exact) mass is 398 g/mol. The third-order valence-corrected chi connectivity index (χ3v) is 4.54. The molecule has 0 aliphatic heterocycles. The molecule has 0 aliphatic rings. The van der Waals surface area contributed by atoms with Crippen molar-refractivity contribution in [3.8, 4) is 5.75 Å². The van der Waals surface area contributed by atoms with Gasteiger partial charge in [-0.3, -0.25) is 4.79 Å². The molecule has 0 unspecified atom stereocenters. The van der Waals surface area contributed by atoms with Crippen LogP contribution in [0.25, 0.3) is 10.9 Å². The van der Waals surface area contributed by atoms with Crippen LogP contribution in [0.2, 0.25) is 0 Å². The smallest absolute Gasteiger partial charge is 0.267 e. The predicted octanol–water partition coefficient (Wildman–Crippen LogP) is 4.92. The van der Waals surface area contributed by atoms with Gasteiger partial charge in [0.25, 0.3) is 5.91 Å². The minimum atomic E-state index is -0.653. The van der Waals surface area contributed by atoms with E-state index in [1.807, 2.05) is 13.8 Å². The van der Waals surface area contributed by atoms with E-state index < -0.39 is 11.6 Å². The molecule has 0 fully saturated rings. The van der Waals surface area contributed by atoms with Crippen LogP contribution in [0.3, 0.4) is 0 Å². The summed E-state index contributed by atoms with van der Waals surface area (Å²) in [6, 6.07) is 10.8. The molecule has 0 spiro atoms. The van der Waals surface area contributed by atoms with Gasteiger partial charge in [0, 0.05) is 17.5 Å². The molecule has 29 heavy (non-hydrogen) atoms. The van der Waals surface area contributed by atoms with Crippen molar-refractivity contribution in [2.75, 3.05) is 13.2 Å². The van der Waals surface area contributed by atoms with Crippen molar-refractivity contribution >= 4 is 16.8 Å². The molecule has 1 N–H and O–H groups in total. The highest BCUT2D eigenvalue weighted by Crippen LogP contribution is 2.30. The van der Waals surface area contributed by atoms with Gasteiger partial charge in [-0.25, -0.2) is 8.78 Å². The number of hydrogen-bond acceptors (Lipinski definition) is 2. The minimum absolute atomic E-state index is 0.0969. The molecule has 1 amide bonds. The average molecular weight is 398 g/mol. The van der Waals surface area contributed by atoms with Gasteiger partial charge < -0.3 is 14.6 Å². The number of halogens is 2. The summed E-state index contributed by atoms with van der Waals surface area (Å²) < 4.78 is 35.9. The number of carbonyl (C=O) groups excluding carboxylic acids is 1. The first-order valence-corrected chi connectivity index (χ1v) is 9.49.